The van der Waals surface area contributed by atoms with E-state index in [4.69, 9.17) is 11.6 Å². The zero-order valence-electron chi connectivity index (χ0n) is 12.1. The fourth-order valence-electron chi connectivity index (χ4n) is 1.88. The topological polar surface area (TPSA) is 41.5 Å². The number of rotatable bonds is 9. The van der Waals surface area contributed by atoms with E-state index < -0.39 is 0 Å². The molecule has 0 saturated carbocycles. The predicted molar refractivity (Wildman–Crippen MR) is 85.2 cm³/mol. The zero-order chi connectivity index (χ0) is 14.6. The summed E-state index contributed by atoms with van der Waals surface area (Å²) in [5, 5.41) is 4.55. The lowest BCUT2D eigenvalue weighted by molar-refractivity contribution is -0.121. The molecule has 1 amide bonds. The minimum atomic E-state index is -0.0382. The van der Waals surface area contributed by atoms with Crippen molar-refractivity contribution in [2.75, 3.05) is 0 Å². The van der Waals surface area contributed by atoms with Crippen molar-refractivity contribution in [3.8, 4) is 0 Å². The highest BCUT2D eigenvalue weighted by molar-refractivity contribution is 6.33. The number of carbonyl (C=O) groups excluding carboxylic acids is 1. The van der Waals surface area contributed by atoms with Crippen molar-refractivity contribution in [1.29, 1.82) is 0 Å². The first kappa shape index (κ1) is 16.7. The number of amides is 1. The molecule has 0 saturated heterocycles. The van der Waals surface area contributed by atoms with Crippen LogP contribution in [-0.2, 0) is 4.79 Å². The Bertz CT molecular complexity index is 432. The molecule has 1 aromatic rings. The van der Waals surface area contributed by atoms with E-state index in [9.17, 15) is 4.79 Å². The van der Waals surface area contributed by atoms with Crippen LogP contribution in [0.4, 0.5) is 0 Å². The molecule has 0 spiro atoms. The number of nitrogens with zero attached hydrogens (tertiary/aromatic N) is 1. The van der Waals surface area contributed by atoms with Gasteiger partial charge in [-0.2, -0.15) is 5.10 Å². The lowest BCUT2D eigenvalue weighted by Gasteiger charge is -2.01. The third-order valence-electron chi connectivity index (χ3n) is 3.06. The van der Waals surface area contributed by atoms with E-state index in [0.29, 0.717) is 11.4 Å². The van der Waals surface area contributed by atoms with Crippen molar-refractivity contribution >= 4 is 23.7 Å². The molecule has 1 N–H and O–H groups in total. The second-order valence-electron chi connectivity index (χ2n) is 4.83. The number of hydrogen-bond donors (Lipinski definition) is 1. The number of carbonyl (C=O) groups is 1. The molecule has 110 valence electrons. The summed E-state index contributed by atoms with van der Waals surface area (Å²) < 4.78 is 0. The number of halogens is 1. The Labute approximate surface area is 126 Å². The molecule has 1 rings (SSSR count). The fraction of sp³-hybridized carbons (Fsp3) is 0.500. The molecule has 0 aliphatic carbocycles. The Morgan fingerprint density at radius 2 is 1.90 bits per heavy atom. The molecule has 0 atom stereocenters. The third kappa shape index (κ3) is 7.29. The minimum absolute atomic E-state index is 0.0382. The molecule has 0 aliphatic heterocycles. The van der Waals surface area contributed by atoms with Crippen LogP contribution in [0.25, 0.3) is 0 Å². The first-order chi connectivity index (χ1) is 9.74. The van der Waals surface area contributed by atoms with E-state index in [1.165, 1.54) is 25.7 Å². The normalized spacial score (nSPS) is 10.9. The molecule has 0 heterocycles. The smallest absolute Gasteiger partial charge is 0.240 e. The van der Waals surface area contributed by atoms with E-state index in [1.54, 1.807) is 12.3 Å². The minimum Gasteiger partial charge on any atom is -0.273 e. The van der Waals surface area contributed by atoms with Crippen LogP contribution in [0, 0.1) is 0 Å². The maximum atomic E-state index is 11.5. The third-order valence-corrected chi connectivity index (χ3v) is 3.40. The van der Waals surface area contributed by atoms with Crippen molar-refractivity contribution in [1.82, 2.24) is 5.43 Å². The number of hydrazone groups is 1. The van der Waals surface area contributed by atoms with Gasteiger partial charge in [-0.05, 0) is 12.5 Å². The summed E-state index contributed by atoms with van der Waals surface area (Å²) in [6.07, 6.45) is 9.16. The quantitative estimate of drug-likeness (QED) is 0.405. The van der Waals surface area contributed by atoms with E-state index in [1.807, 2.05) is 18.2 Å². The first-order valence-electron chi connectivity index (χ1n) is 7.30. The van der Waals surface area contributed by atoms with E-state index in [-0.39, 0.29) is 5.91 Å². The summed E-state index contributed by atoms with van der Waals surface area (Å²) in [5.74, 6) is -0.0382. The molecule has 4 heteroatoms. The van der Waals surface area contributed by atoms with Crippen LogP contribution in [0.15, 0.2) is 29.4 Å². The summed E-state index contributed by atoms with van der Waals surface area (Å²) in [5.41, 5.74) is 3.33. The van der Waals surface area contributed by atoms with Crippen LogP contribution >= 0.6 is 11.6 Å². The largest absolute Gasteiger partial charge is 0.273 e. The van der Waals surface area contributed by atoms with Gasteiger partial charge in [0.25, 0.3) is 0 Å². The van der Waals surface area contributed by atoms with Gasteiger partial charge in [0, 0.05) is 17.0 Å². The molecule has 0 bridgehead atoms. The van der Waals surface area contributed by atoms with Gasteiger partial charge in [-0.3, -0.25) is 4.79 Å². The van der Waals surface area contributed by atoms with Gasteiger partial charge in [0.2, 0.25) is 5.91 Å². The SMILES string of the molecule is CCCCCCCCC(=O)N/N=C/c1ccccc1Cl. The Kier molecular flexibility index (Phi) is 8.72. The Hall–Kier alpha value is -1.35. The highest BCUT2D eigenvalue weighted by Crippen LogP contribution is 2.12. The highest BCUT2D eigenvalue weighted by atomic mass is 35.5. The summed E-state index contributed by atoms with van der Waals surface area (Å²) in [6, 6.07) is 7.38. The second kappa shape index (κ2) is 10.4. The van der Waals surface area contributed by atoms with Crippen molar-refractivity contribution < 1.29 is 4.79 Å². The van der Waals surface area contributed by atoms with E-state index >= 15 is 0 Å². The van der Waals surface area contributed by atoms with Crippen molar-refractivity contribution in [2.24, 2.45) is 5.10 Å². The van der Waals surface area contributed by atoms with Gasteiger partial charge in [-0.15, -0.1) is 0 Å². The average molecular weight is 295 g/mol. The molecule has 1 aromatic carbocycles. The van der Waals surface area contributed by atoms with Crippen LogP contribution < -0.4 is 5.43 Å². The van der Waals surface area contributed by atoms with Crippen LogP contribution in [0.5, 0.6) is 0 Å². The van der Waals surface area contributed by atoms with Crippen LogP contribution in [0.1, 0.15) is 57.4 Å². The van der Waals surface area contributed by atoms with Gasteiger partial charge in [0.05, 0.1) is 6.21 Å². The molecule has 0 fully saturated rings. The van der Waals surface area contributed by atoms with Gasteiger partial charge in [0.1, 0.15) is 0 Å². The van der Waals surface area contributed by atoms with Gasteiger partial charge in [0.15, 0.2) is 0 Å². The van der Waals surface area contributed by atoms with Gasteiger partial charge >= 0.3 is 0 Å². The molecular formula is C16H23ClN2O. The lowest BCUT2D eigenvalue weighted by Crippen LogP contribution is -2.16. The number of benzene rings is 1. The van der Waals surface area contributed by atoms with Gasteiger partial charge in [-0.25, -0.2) is 5.43 Å². The molecule has 0 aliphatic rings. The highest BCUT2D eigenvalue weighted by Gasteiger charge is 1.99. The maximum Gasteiger partial charge on any atom is 0.240 e. The number of nitrogens with one attached hydrogen (secondary N) is 1. The van der Waals surface area contributed by atoms with Crippen LogP contribution in [0.2, 0.25) is 5.02 Å². The molecule has 20 heavy (non-hydrogen) atoms. The first-order valence-corrected chi connectivity index (χ1v) is 7.68. The van der Waals surface area contributed by atoms with Crippen LogP contribution in [-0.4, -0.2) is 12.1 Å². The molecule has 0 aromatic heterocycles. The zero-order valence-corrected chi connectivity index (χ0v) is 12.8. The summed E-state index contributed by atoms with van der Waals surface area (Å²) in [4.78, 5) is 11.5. The standard InChI is InChI=1S/C16H23ClN2O/c1-2-3-4-5-6-7-12-16(20)19-18-13-14-10-8-9-11-15(14)17/h8-11,13H,2-7,12H2,1H3,(H,19,20)/b18-13+. The number of hydrogen-bond acceptors (Lipinski definition) is 2. The summed E-state index contributed by atoms with van der Waals surface area (Å²) in [7, 11) is 0. The molecule has 3 nitrogen and oxygen atoms in total. The molecular weight excluding hydrogens is 272 g/mol. The maximum absolute atomic E-state index is 11.5. The van der Waals surface area contributed by atoms with Crippen molar-refractivity contribution in [3.63, 3.8) is 0 Å². The summed E-state index contributed by atoms with van der Waals surface area (Å²) >= 11 is 5.98. The molecule has 0 unspecified atom stereocenters. The Balaban J connectivity index is 2.15. The fourth-order valence-corrected chi connectivity index (χ4v) is 2.06. The second-order valence-corrected chi connectivity index (χ2v) is 5.24. The van der Waals surface area contributed by atoms with Gasteiger partial charge < -0.3 is 0 Å². The Morgan fingerprint density at radius 3 is 2.65 bits per heavy atom. The predicted octanol–water partition coefficient (Wildman–Crippen LogP) is 4.54. The Morgan fingerprint density at radius 1 is 1.20 bits per heavy atom. The van der Waals surface area contributed by atoms with Crippen molar-refractivity contribution in [2.45, 2.75) is 51.9 Å². The van der Waals surface area contributed by atoms with E-state index in [2.05, 4.69) is 17.5 Å². The van der Waals surface area contributed by atoms with Crippen molar-refractivity contribution in [3.05, 3.63) is 34.9 Å². The lowest BCUT2D eigenvalue weighted by atomic mass is 10.1. The van der Waals surface area contributed by atoms with E-state index in [0.717, 1.165) is 18.4 Å². The summed E-state index contributed by atoms with van der Waals surface area (Å²) in [6.45, 7) is 2.20. The van der Waals surface area contributed by atoms with Crippen LogP contribution in [0.3, 0.4) is 0 Å². The van der Waals surface area contributed by atoms with Gasteiger partial charge in [-0.1, -0.05) is 68.8 Å². The number of unbranched alkanes of at least 4 members (excludes halogenated alkanes) is 5. The monoisotopic (exact) mass is 294 g/mol. The average Bonchev–Trinajstić information content (AvgIpc) is 2.45. The molecule has 0 radical (unpaired) electrons.